The SMILES string of the molecule is CC(c1ccccc1)[C@H](N)C(=O)N[C@H]([C]=O)Cc1ccc(OC2OC(CO)C(OC3OC(CO)C(O)C(O)C3O)C(O)C2O)cc1. The van der Waals surface area contributed by atoms with Gasteiger partial charge in [0.05, 0.1) is 25.3 Å². The van der Waals surface area contributed by atoms with Crippen molar-refractivity contribution in [3.8, 4) is 5.75 Å². The van der Waals surface area contributed by atoms with E-state index in [1.54, 1.807) is 12.1 Å². The number of aliphatic hydroxyl groups excluding tert-OH is 7. The second-order valence-electron chi connectivity index (χ2n) is 11.4. The van der Waals surface area contributed by atoms with Crippen LogP contribution in [0.5, 0.6) is 5.75 Å². The van der Waals surface area contributed by atoms with Crippen molar-refractivity contribution in [1.82, 2.24) is 5.32 Å². The minimum absolute atomic E-state index is 0.104. The summed E-state index contributed by atoms with van der Waals surface area (Å²) in [5, 5.41) is 73.7. The zero-order chi connectivity index (χ0) is 33.5. The first-order valence-corrected chi connectivity index (χ1v) is 14.8. The van der Waals surface area contributed by atoms with Gasteiger partial charge in [-0.1, -0.05) is 49.4 Å². The van der Waals surface area contributed by atoms with E-state index in [4.69, 9.17) is 24.7 Å². The molecule has 2 saturated heterocycles. The minimum Gasteiger partial charge on any atom is -0.462 e. The molecule has 2 aromatic carbocycles. The lowest BCUT2D eigenvalue weighted by atomic mass is 9.93. The molecule has 10 N–H and O–H groups in total. The van der Waals surface area contributed by atoms with E-state index in [0.717, 1.165) is 5.56 Å². The Morgan fingerprint density at radius 1 is 0.870 bits per heavy atom. The van der Waals surface area contributed by atoms with Gasteiger partial charge in [0, 0.05) is 12.3 Å². The number of nitrogens with one attached hydrogen (secondary N) is 1. The van der Waals surface area contributed by atoms with E-state index >= 15 is 0 Å². The van der Waals surface area contributed by atoms with Gasteiger partial charge in [0.15, 0.2) is 6.29 Å². The molecule has 0 aromatic heterocycles. The third-order valence-electron chi connectivity index (χ3n) is 8.20. The average Bonchev–Trinajstić information content (AvgIpc) is 3.08. The summed E-state index contributed by atoms with van der Waals surface area (Å²) in [5.74, 6) is -0.598. The first-order valence-electron chi connectivity index (χ1n) is 14.8. The Morgan fingerprint density at radius 3 is 2.09 bits per heavy atom. The molecule has 0 spiro atoms. The highest BCUT2D eigenvalue weighted by molar-refractivity contribution is 5.85. The molecule has 1 radical (unpaired) electrons. The van der Waals surface area contributed by atoms with Gasteiger partial charge in [-0.15, -0.1) is 0 Å². The number of carbonyl (C=O) groups excluding carboxylic acids is 2. The first-order chi connectivity index (χ1) is 22.0. The zero-order valence-electron chi connectivity index (χ0n) is 25.0. The summed E-state index contributed by atoms with van der Waals surface area (Å²) < 4.78 is 22.2. The summed E-state index contributed by atoms with van der Waals surface area (Å²) in [5.41, 5.74) is 7.66. The molecule has 15 nitrogen and oxygen atoms in total. The highest BCUT2D eigenvalue weighted by Gasteiger charge is 2.51. The van der Waals surface area contributed by atoms with Crippen LogP contribution >= 0.6 is 0 Å². The van der Waals surface area contributed by atoms with Gasteiger partial charge in [-0.2, -0.15) is 0 Å². The molecule has 0 bridgehead atoms. The molecule has 11 unspecified atom stereocenters. The number of rotatable bonds is 13. The Morgan fingerprint density at radius 2 is 1.48 bits per heavy atom. The van der Waals surface area contributed by atoms with Crippen LogP contribution in [0, 0.1) is 0 Å². The van der Waals surface area contributed by atoms with Gasteiger partial charge in [0.2, 0.25) is 18.5 Å². The predicted octanol–water partition coefficient (Wildman–Crippen LogP) is -3.04. The molecule has 0 saturated carbocycles. The first kappa shape index (κ1) is 35.8. The fraction of sp³-hybridized carbons (Fsp3) is 0.548. The fourth-order valence-corrected chi connectivity index (χ4v) is 5.31. The summed E-state index contributed by atoms with van der Waals surface area (Å²) in [6.45, 7) is 0.397. The van der Waals surface area contributed by atoms with Crippen LogP contribution in [0.3, 0.4) is 0 Å². The predicted molar refractivity (Wildman–Crippen MR) is 158 cm³/mol. The van der Waals surface area contributed by atoms with Crippen LogP contribution in [-0.4, -0.2) is 135 Å². The minimum atomic E-state index is -1.78. The summed E-state index contributed by atoms with van der Waals surface area (Å²) in [4.78, 5) is 24.4. The van der Waals surface area contributed by atoms with Crippen LogP contribution in [0.2, 0.25) is 0 Å². The Bertz CT molecular complexity index is 1250. The van der Waals surface area contributed by atoms with Crippen LogP contribution < -0.4 is 15.8 Å². The maximum Gasteiger partial charge on any atom is 0.238 e. The maximum absolute atomic E-state index is 12.7. The summed E-state index contributed by atoms with van der Waals surface area (Å²) >= 11 is 0. The molecular weight excluding hydrogens is 608 g/mol. The highest BCUT2D eigenvalue weighted by atomic mass is 16.7. The van der Waals surface area contributed by atoms with Crippen molar-refractivity contribution in [2.24, 2.45) is 5.73 Å². The third-order valence-corrected chi connectivity index (χ3v) is 8.20. The largest absolute Gasteiger partial charge is 0.462 e. The Kier molecular flexibility index (Phi) is 12.6. The maximum atomic E-state index is 12.7. The molecule has 253 valence electrons. The molecule has 2 aliphatic heterocycles. The molecular formula is C31H41N2O13. The summed E-state index contributed by atoms with van der Waals surface area (Å²) in [6.07, 6.45) is -13.9. The van der Waals surface area contributed by atoms with Gasteiger partial charge in [-0.3, -0.25) is 9.59 Å². The van der Waals surface area contributed by atoms with Crippen molar-refractivity contribution >= 4 is 12.2 Å². The van der Waals surface area contributed by atoms with Gasteiger partial charge in [-0.05, 0) is 23.3 Å². The van der Waals surface area contributed by atoms with Crippen LogP contribution in [0.25, 0.3) is 0 Å². The normalized spacial score (nSPS) is 33.4. The van der Waals surface area contributed by atoms with Crippen molar-refractivity contribution in [3.05, 3.63) is 65.7 Å². The Labute approximate surface area is 265 Å². The second-order valence-corrected chi connectivity index (χ2v) is 11.4. The quantitative estimate of drug-likeness (QED) is 0.105. The summed E-state index contributed by atoms with van der Waals surface area (Å²) in [7, 11) is 0. The van der Waals surface area contributed by atoms with E-state index < -0.39 is 92.6 Å². The van der Waals surface area contributed by atoms with Crippen LogP contribution in [-0.2, 0) is 30.2 Å². The molecule has 2 heterocycles. The molecule has 0 aliphatic carbocycles. The van der Waals surface area contributed by atoms with Crippen molar-refractivity contribution in [2.45, 2.75) is 92.8 Å². The molecule has 2 aliphatic rings. The van der Waals surface area contributed by atoms with E-state index in [-0.39, 0.29) is 18.1 Å². The van der Waals surface area contributed by atoms with Crippen LogP contribution in [0.4, 0.5) is 0 Å². The molecule has 2 fully saturated rings. The average molecular weight is 650 g/mol. The fourth-order valence-electron chi connectivity index (χ4n) is 5.31. The van der Waals surface area contributed by atoms with Crippen molar-refractivity contribution in [3.63, 3.8) is 0 Å². The highest BCUT2D eigenvalue weighted by Crippen LogP contribution is 2.30. The van der Waals surface area contributed by atoms with Gasteiger partial charge < -0.3 is 65.7 Å². The van der Waals surface area contributed by atoms with Gasteiger partial charge in [0.25, 0.3) is 0 Å². The zero-order valence-corrected chi connectivity index (χ0v) is 25.0. The lowest BCUT2D eigenvalue weighted by Gasteiger charge is -2.45. The lowest BCUT2D eigenvalue weighted by Crippen LogP contribution is -2.65. The molecule has 46 heavy (non-hydrogen) atoms. The molecule has 4 rings (SSSR count). The number of benzene rings is 2. The van der Waals surface area contributed by atoms with Gasteiger partial charge in [-0.25, -0.2) is 0 Å². The van der Waals surface area contributed by atoms with Gasteiger partial charge >= 0.3 is 0 Å². The van der Waals surface area contributed by atoms with Gasteiger partial charge in [0.1, 0.15) is 54.6 Å². The molecule has 1 amide bonds. The molecule has 2 aromatic rings. The van der Waals surface area contributed by atoms with Crippen molar-refractivity contribution < 1.29 is 64.3 Å². The number of aliphatic hydroxyl groups is 7. The number of ether oxygens (including phenoxy) is 4. The second kappa shape index (κ2) is 16.2. The monoisotopic (exact) mass is 649 g/mol. The topological polar surface area (TPSA) is 251 Å². The number of nitrogens with two attached hydrogens (primary N) is 1. The van der Waals surface area contributed by atoms with E-state index in [2.05, 4.69) is 5.32 Å². The van der Waals surface area contributed by atoms with Crippen molar-refractivity contribution in [1.29, 1.82) is 0 Å². The standard InChI is InChI=1S/C31H41N2O13/c1-15(17-5-3-2-4-6-17)22(32)29(42)33-18(12-34)11-16-7-9-19(10-8-16)43-30-27(41)25(39)28(21(14-36)45-30)46-31-26(40)24(38)23(37)20(13-35)44-31/h2-10,15,18,20-28,30-31,35-41H,11,13-14,32H2,1H3,(H,33,42)/t15?,18-,20?,21?,22-,23?,24?,25?,26?,27?,28?,30?,31?/m0/s1. The van der Waals surface area contributed by atoms with Crippen LogP contribution in [0.1, 0.15) is 24.0 Å². The third kappa shape index (κ3) is 8.26. The summed E-state index contributed by atoms with van der Waals surface area (Å²) in [6, 6.07) is 13.7. The number of hydrogen-bond acceptors (Lipinski definition) is 14. The Hall–Kier alpha value is -3.06. The Balaban J connectivity index is 1.33. The molecule has 13 atom stereocenters. The number of amides is 1. The molecule has 15 heteroatoms. The lowest BCUT2D eigenvalue weighted by molar-refractivity contribution is -0.352. The van der Waals surface area contributed by atoms with Crippen LogP contribution in [0.15, 0.2) is 54.6 Å². The van der Waals surface area contributed by atoms with E-state index in [1.165, 1.54) is 12.1 Å². The van der Waals surface area contributed by atoms with Crippen molar-refractivity contribution in [2.75, 3.05) is 13.2 Å². The van der Waals surface area contributed by atoms with E-state index in [0.29, 0.717) is 5.56 Å². The smallest absolute Gasteiger partial charge is 0.238 e. The van der Waals surface area contributed by atoms with E-state index in [9.17, 15) is 45.3 Å². The number of carbonyl (C=O) groups is 1. The number of hydrogen-bond donors (Lipinski definition) is 9. The van der Waals surface area contributed by atoms with E-state index in [1.807, 2.05) is 43.5 Å².